The Labute approximate surface area is 151 Å². The van der Waals surface area contributed by atoms with Gasteiger partial charge in [-0.25, -0.2) is 0 Å². The molecular formula is C20H18ClN3O. The van der Waals surface area contributed by atoms with Gasteiger partial charge in [-0.1, -0.05) is 23.7 Å². The lowest BCUT2D eigenvalue weighted by atomic mass is 10.1. The van der Waals surface area contributed by atoms with E-state index in [2.05, 4.69) is 47.6 Å². The third kappa shape index (κ3) is 3.04. The lowest BCUT2D eigenvalue weighted by molar-refractivity contribution is 0.327. The van der Waals surface area contributed by atoms with Crippen LogP contribution in [0.1, 0.15) is 29.3 Å². The van der Waals surface area contributed by atoms with Crippen molar-refractivity contribution in [1.29, 1.82) is 5.26 Å². The molecule has 2 aromatic carbocycles. The van der Waals surface area contributed by atoms with Crippen LogP contribution in [0.2, 0.25) is 5.02 Å². The minimum absolute atomic E-state index is 0.188. The summed E-state index contributed by atoms with van der Waals surface area (Å²) in [5.74, 6) is 0.621. The molecule has 5 heteroatoms. The zero-order valence-corrected chi connectivity index (χ0v) is 14.7. The van der Waals surface area contributed by atoms with Crippen LogP contribution in [0.25, 0.3) is 10.9 Å². The maximum Gasteiger partial charge on any atom is 0.140 e. The molecule has 0 bridgehead atoms. The van der Waals surface area contributed by atoms with Crippen LogP contribution in [0, 0.1) is 18.3 Å². The number of anilines is 1. The summed E-state index contributed by atoms with van der Waals surface area (Å²) in [6, 6.07) is 14.8. The van der Waals surface area contributed by atoms with Crippen LogP contribution in [-0.4, -0.2) is 11.6 Å². The van der Waals surface area contributed by atoms with Crippen LogP contribution in [0.15, 0.2) is 36.4 Å². The van der Waals surface area contributed by atoms with E-state index in [-0.39, 0.29) is 6.04 Å². The Morgan fingerprint density at radius 2 is 2.16 bits per heavy atom. The second kappa shape index (κ2) is 6.34. The van der Waals surface area contributed by atoms with Crippen molar-refractivity contribution in [2.75, 3.05) is 11.9 Å². The molecule has 3 aromatic rings. The number of nitriles is 1. The molecule has 0 fully saturated rings. The molecule has 1 atom stereocenters. The molecule has 0 saturated heterocycles. The number of nitrogens with one attached hydrogen (secondary N) is 2. The second-order valence-electron chi connectivity index (χ2n) is 6.41. The summed E-state index contributed by atoms with van der Waals surface area (Å²) in [6.45, 7) is 2.44. The van der Waals surface area contributed by atoms with E-state index in [9.17, 15) is 0 Å². The van der Waals surface area contributed by atoms with Gasteiger partial charge in [-0.3, -0.25) is 0 Å². The Morgan fingerprint density at radius 3 is 3.00 bits per heavy atom. The van der Waals surface area contributed by atoms with Crippen molar-refractivity contribution in [3.05, 3.63) is 58.2 Å². The standard InChI is InChI=1S/C20H18ClN3O/c1-12-3-4-13-9-18(23-16(13)7-12)19-10-14-8-15(21)20(11-17(14)24-19)25-6-2-5-22/h3-4,7-9,11,19,23-24H,2,6,10H2,1H3. The smallest absolute Gasteiger partial charge is 0.140 e. The van der Waals surface area contributed by atoms with E-state index < -0.39 is 0 Å². The number of hydrogen-bond donors (Lipinski definition) is 2. The molecule has 2 N–H and O–H groups in total. The Morgan fingerprint density at radius 1 is 1.28 bits per heavy atom. The van der Waals surface area contributed by atoms with Crippen LogP contribution in [0.4, 0.5) is 5.69 Å². The van der Waals surface area contributed by atoms with E-state index in [1.165, 1.54) is 22.2 Å². The summed E-state index contributed by atoms with van der Waals surface area (Å²) >= 11 is 6.32. The highest BCUT2D eigenvalue weighted by Crippen LogP contribution is 2.40. The van der Waals surface area contributed by atoms with Crippen molar-refractivity contribution in [2.45, 2.75) is 25.8 Å². The summed E-state index contributed by atoms with van der Waals surface area (Å²) in [4.78, 5) is 3.52. The van der Waals surface area contributed by atoms with Crippen LogP contribution in [0.5, 0.6) is 5.75 Å². The first kappa shape index (κ1) is 15.9. The number of ether oxygens (including phenoxy) is 1. The fraction of sp³-hybridized carbons (Fsp3) is 0.250. The number of hydrogen-bond acceptors (Lipinski definition) is 3. The van der Waals surface area contributed by atoms with Crippen molar-refractivity contribution in [1.82, 2.24) is 4.98 Å². The van der Waals surface area contributed by atoms with Gasteiger partial charge in [0.25, 0.3) is 0 Å². The first-order chi connectivity index (χ1) is 12.1. The Balaban J connectivity index is 1.58. The van der Waals surface area contributed by atoms with Crippen LogP contribution < -0.4 is 10.1 Å². The molecular weight excluding hydrogens is 334 g/mol. The molecule has 1 unspecified atom stereocenters. The van der Waals surface area contributed by atoms with Crippen molar-refractivity contribution in [2.24, 2.45) is 0 Å². The van der Waals surface area contributed by atoms with Crippen molar-refractivity contribution in [3.8, 4) is 11.8 Å². The first-order valence-corrected chi connectivity index (χ1v) is 8.70. The van der Waals surface area contributed by atoms with Crippen LogP contribution in [0.3, 0.4) is 0 Å². The maximum atomic E-state index is 8.63. The van der Waals surface area contributed by atoms with E-state index >= 15 is 0 Å². The third-order valence-corrected chi connectivity index (χ3v) is 4.85. The molecule has 1 aliphatic heterocycles. The summed E-state index contributed by atoms with van der Waals surface area (Å²) in [5.41, 5.74) is 5.79. The molecule has 0 spiro atoms. The monoisotopic (exact) mass is 351 g/mol. The zero-order chi connectivity index (χ0) is 17.4. The molecule has 126 valence electrons. The van der Waals surface area contributed by atoms with Crippen molar-refractivity contribution in [3.63, 3.8) is 0 Å². The maximum absolute atomic E-state index is 8.63. The van der Waals surface area contributed by atoms with Crippen molar-refractivity contribution < 1.29 is 4.74 Å². The average Bonchev–Trinajstić information content (AvgIpc) is 3.18. The number of aromatic amines is 1. The predicted molar refractivity (Wildman–Crippen MR) is 100 cm³/mol. The van der Waals surface area contributed by atoms with Gasteiger partial charge in [-0.05, 0) is 41.6 Å². The van der Waals surface area contributed by atoms with Gasteiger partial charge in [0.05, 0.1) is 23.6 Å². The summed E-state index contributed by atoms with van der Waals surface area (Å²) in [7, 11) is 0. The van der Waals surface area contributed by atoms with Gasteiger partial charge in [0.1, 0.15) is 12.4 Å². The van der Waals surface area contributed by atoms with Crippen LogP contribution in [-0.2, 0) is 6.42 Å². The molecule has 1 aliphatic rings. The SMILES string of the molecule is Cc1ccc2cc(C3Cc4cc(Cl)c(OCCC#N)cc4N3)[nH]c2c1. The normalized spacial score (nSPS) is 15.6. The van der Waals surface area contributed by atoms with Gasteiger partial charge in [0.2, 0.25) is 0 Å². The number of aromatic nitrogens is 1. The number of benzene rings is 2. The number of rotatable bonds is 4. The third-order valence-electron chi connectivity index (χ3n) is 4.56. The highest BCUT2D eigenvalue weighted by atomic mass is 35.5. The van der Waals surface area contributed by atoms with Gasteiger partial charge >= 0.3 is 0 Å². The van der Waals surface area contributed by atoms with Crippen molar-refractivity contribution >= 4 is 28.2 Å². The van der Waals surface area contributed by atoms with Gasteiger partial charge in [-0.2, -0.15) is 5.26 Å². The molecule has 2 heterocycles. The topological polar surface area (TPSA) is 60.8 Å². The van der Waals surface area contributed by atoms with E-state index in [0.29, 0.717) is 23.8 Å². The fourth-order valence-electron chi connectivity index (χ4n) is 3.31. The van der Waals surface area contributed by atoms with Gasteiger partial charge in [-0.15, -0.1) is 0 Å². The molecule has 0 radical (unpaired) electrons. The van der Waals surface area contributed by atoms with E-state index in [0.717, 1.165) is 17.6 Å². The lowest BCUT2D eigenvalue weighted by Gasteiger charge is -2.10. The lowest BCUT2D eigenvalue weighted by Crippen LogP contribution is -2.05. The predicted octanol–water partition coefficient (Wildman–Crippen LogP) is 5.13. The van der Waals surface area contributed by atoms with Gasteiger partial charge < -0.3 is 15.0 Å². The quantitative estimate of drug-likeness (QED) is 0.640. The summed E-state index contributed by atoms with van der Waals surface area (Å²) in [5, 5.41) is 14.0. The summed E-state index contributed by atoms with van der Waals surface area (Å²) < 4.78 is 5.60. The second-order valence-corrected chi connectivity index (χ2v) is 6.82. The molecule has 0 saturated carbocycles. The fourth-order valence-corrected chi connectivity index (χ4v) is 3.55. The number of halogens is 1. The average molecular weight is 352 g/mol. The Hall–Kier alpha value is -2.64. The minimum atomic E-state index is 0.188. The number of H-pyrrole nitrogens is 1. The molecule has 4 nitrogen and oxygen atoms in total. The zero-order valence-electron chi connectivity index (χ0n) is 13.9. The number of nitrogens with zero attached hydrogens (tertiary/aromatic N) is 1. The minimum Gasteiger partial charge on any atom is -0.491 e. The Bertz CT molecular complexity index is 987. The van der Waals surface area contributed by atoms with Gasteiger partial charge in [0, 0.05) is 29.4 Å². The number of fused-ring (bicyclic) bond motifs is 2. The molecule has 0 aliphatic carbocycles. The first-order valence-electron chi connectivity index (χ1n) is 8.32. The molecule has 4 rings (SSSR count). The van der Waals surface area contributed by atoms with E-state index in [1.807, 2.05) is 12.1 Å². The summed E-state index contributed by atoms with van der Waals surface area (Å²) in [6.07, 6.45) is 1.22. The van der Waals surface area contributed by atoms with E-state index in [1.54, 1.807) is 0 Å². The largest absolute Gasteiger partial charge is 0.491 e. The Kier molecular flexibility index (Phi) is 4.03. The number of aryl methyl sites for hydroxylation is 1. The molecule has 0 amide bonds. The highest BCUT2D eigenvalue weighted by molar-refractivity contribution is 6.32. The van der Waals surface area contributed by atoms with Crippen LogP contribution >= 0.6 is 11.6 Å². The molecule has 1 aromatic heterocycles. The highest BCUT2D eigenvalue weighted by Gasteiger charge is 2.25. The van der Waals surface area contributed by atoms with E-state index in [4.69, 9.17) is 21.6 Å². The van der Waals surface area contributed by atoms with Gasteiger partial charge in [0.15, 0.2) is 0 Å². The molecule has 25 heavy (non-hydrogen) atoms.